The summed E-state index contributed by atoms with van der Waals surface area (Å²) in [6.07, 6.45) is 0.883. The zero-order chi connectivity index (χ0) is 9.56. The lowest BCUT2D eigenvalue weighted by molar-refractivity contribution is -0.148. The molecule has 0 amide bonds. The number of carboxylic acid groups (broad SMARTS) is 2. The van der Waals surface area contributed by atoms with Crippen molar-refractivity contribution in [2.45, 2.75) is 12.8 Å². The maximum Gasteiger partial charge on any atom is 0.308 e. The standard InChI is InChI=1S/C7H8O5/c8-3-1-2-5(7(11)12)4-6(9)10/h5,8H,2,4H2,(H,9,10)(H,11,12)/t5-/m1/s1. The molecule has 0 saturated heterocycles. The fourth-order valence-corrected chi connectivity index (χ4v) is 0.626. The third-order valence-electron chi connectivity index (χ3n) is 1.20. The minimum absolute atomic E-state index is 0.155. The molecule has 5 heteroatoms. The van der Waals surface area contributed by atoms with Crippen LogP contribution in [0.1, 0.15) is 12.8 Å². The second-order valence-electron chi connectivity index (χ2n) is 2.13. The molecule has 1 atom stereocenters. The molecule has 0 aromatic carbocycles. The van der Waals surface area contributed by atoms with Gasteiger partial charge in [0.15, 0.2) is 0 Å². The predicted octanol–water partition coefficient (Wildman–Crippen LogP) is -0.115. The number of hydrogen-bond donors (Lipinski definition) is 3. The highest BCUT2D eigenvalue weighted by Gasteiger charge is 2.19. The quantitative estimate of drug-likeness (QED) is 0.514. The van der Waals surface area contributed by atoms with Crippen molar-refractivity contribution >= 4 is 11.9 Å². The molecule has 3 N–H and O–H groups in total. The van der Waals surface area contributed by atoms with Gasteiger partial charge in [0, 0.05) is 6.42 Å². The Labute approximate surface area is 68.6 Å². The summed E-state index contributed by atoms with van der Waals surface area (Å²) in [6, 6.07) is 0. The van der Waals surface area contributed by atoms with Gasteiger partial charge >= 0.3 is 11.9 Å². The highest BCUT2D eigenvalue weighted by Crippen LogP contribution is 2.07. The number of aliphatic hydroxyl groups excluding tert-OH is 1. The molecule has 0 heterocycles. The second-order valence-corrected chi connectivity index (χ2v) is 2.13. The Kier molecular flexibility index (Phi) is 4.31. The Hall–Kier alpha value is -1.70. The molecule has 0 aliphatic rings. The van der Waals surface area contributed by atoms with Crippen LogP contribution >= 0.6 is 0 Å². The van der Waals surface area contributed by atoms with Crippen molar-refractivity contribution in [3.63, 3.8) is 0 Å². The molecule has 0 aliphatic carbocycles. The largest absolute Gasteiger partial charge is 0.481 e. The van der Waals surface area contributed by atoms with Crippen LogP contribution in [0, 0.1) is 17.9 Å². The highest BCUT2D eigenvalue weighted by atomic mass is 16.4. The minimum atomic E-state index is -1.22. The Morgan fingerprint density at radius 2 is 1.92 bits per heavy atom. The lowest BCUT2D eigenvalue weighted by Gasteiger charge is -2.03. The molecule has 0 aliphatic heterocycles. The van der Waals surface area contributed by atoms with Crippen molar-refractivity contribution in [1.82, 2.24) is 0 Å². The monoisotopic (exact) mass is 172 g/mol. The van der Waals surface area contributed by atoms with E-state index in [4.69, 9.17) is 15.3 Å². The van der Waals surface area contributed by atoms with E-state index in [9.17, 15) is 9.59 Å². The first-order chi connectivity index (χ1) is 5.57. The van der Waals surface area contributed by atoms with Gasteiger partial charge < -0.3 is 15.3 Å². The summed E-state index contributed by atoms with van der Waals surface area (Å²) in [5.41, 5.74) is 0. The second kappa shape index (κ2) is 5.02. The summed E-state index contributed by atoms with van der Waals surface area (Å²) in [5.74, 6) is -1.37. The lowest BCUT2D eigenvalue weighted by atomic mass is 10.0. The third-order valence-corrected chi connectivity index (χ3v) is 1.20. The van der Waals surface area contributed by atoms with Crippen molar-refractivity contribution < 1.29 is 24.9 Å². The molecule has 0 aromatic heterocycles. The van der Waals surface area contributed by atoms with E-state index in [0.717, 1.165) is 0 Å². The Bertz CT molecular complexity index is 234. The van der Waals surface area contributed by atoms with Crippen LogP contribution in [-0.4, -0.2) is 27.3 Å². The van der Waals surface area contributed by atoms with E-state index < -0.39 is 24.3 Å². The van der Waals surface area contributed by atoms with Crippen molar-refractivity contribution in [3.8, 4) is 12.0 Å². The topological polar surface area (TPSA) is 94.8 Å². The number of aliphatic carboxylic acids is 2. The van der Waals surface area contributed by atoms with Gasteiger partial charge in [-0.25, -0.2) is 0 Å². The zero-order valence-electron chi connectivity index (χ0n) is 6.15. The van der Waals surface area contributed by atoms with E-state index in [1.165, 1.54) is 6.11 Å². The summed E-state index contributed by atoms with van der Waals surface area (Å²) < 4.78 is 0. The summed E-state index contributed by atoms with van der Waals surface area (Å²) in [7, 11) is 0. The van der Waals surface area contributed by atoms with Crippen molar-refractivity contribution in [2.75, 3.05) is 0 Å². The Balaban J connectivity index is 4.10. The van der Waals surface area contributed by atoms with Crippen LogP contribution in [0.4, 0.5) is 0 Å². The Morgan fingerprint density at radius 1 is 1.33 bits per heavy atom. The van der Waals surface area contributed by atoms with Crippen LogP contribution in [0.2, 0.25) is 0 Å². The van der Waals surface area contributed by atoms with Crippen LogP contribution in [0.15, 0.2) is 0 Å². The van der Waals surface area contributed by atoms with E-state index in [-0.39, 0.29) is 6.42 Å². The maximum atomic E-state index is 10.3. The van der Waals surface area contributed by atoms with E-state index in [0.29, 0.717) is 0 Å². The van der Waals surface area contributed by atoms with E-state index in [1.807, 2.05) is 0 Å². The molecule has 0 radical (unpaired) electrons. The van der Waals surface area contributed by atoms with E-state index in [1.54, 1.807) is 0 Å². The highest BCUT2D eigenvalue weighted by molar-refractivity contribution is 5.77. The van der Waals surface area contributed by atoms with Crippen molar-refractivity contribution in [2.24, 2.45) is 5.92 Å². The maximum absolute atomic E-state index is 10.3. The normalized spacial score (nSPS) is 11.0. The first-order valence-electron chi connectivity index (χ1n) is 3.14. The summed E-state index contributed by atoms with van der Waals surface area (Å²) in [5, 5.41) is 24.7. The number of rotatable bonds is 4. The van der Waals surface area contributed by atoms with E-state index in [2.05, 4.69) is 5.92 Å². The van der Waals surface area contributed by atoms with Crippen LogP contribution in [0.25, 0.3) is 0 Å². The van der Waals surface area contributed by atoms with Crippen molar-refractivity contribution in [3.05, 3.63) is 0 Å². The zero-order valence-corrected chi connectivity index (χ0v) is 6.15. The van der Waals surface area contributed by atoms with Gasteiger partial charge in [-0.05, 0) is 0 Å². The minimum Gasteiger partial charge on any atom is -0.481 e. The number of hydrogen-bond acceptors (Lipinski definition) is 3. The molecule has 0 saturated carbocycles. The number of carboxylic acids is 2. The molecule has 0 rings (SSSR count). The van der Waals surface area contributed by atoms with Gasteiger partial charge in [-0.3, -0.25) is 9.59 Å². The average Bonchev–Trinajstić information content (AvgIpc) is 1.96. The molecule has 0 fully saturated rings. The summed E-state index contributed by atoms with van der Waals surface area (Å²) >= 11 is 0. The predicted molar refractivity (Wildman–Crippen MR) is 37.7 cm³/mol. The SMILES string of the molecule is O=C(O)C[C@@H](CC#CO)C(=O)O. The smallest absolute Gasteiger partial charge is 0.308 e. The number of carbonyl (C=O) groups is 2. The fraction of sp³-hybridized carbons (Fsp3) is 0.429. The van der Waals surface area contributed by atoms with Gasteiger partial charge in [0.1, 0.15) is 6.11 Å². The molecule has 12 heavy (non-hydrogen) atoms. The molecule has 0 aromatic rings. The van der Waals surface area contributed by atoms with Gasteiger partial charge in [0.2, 0.25) is 0 Å². The van der Waals surface area contributed by atoms with Crippen LogP contribution in [0.5, 0.6) is 0 Å². The molecule has 0 unspecified atom stereocenters. The van der Waals surface area contributed by atoms with Gasteiger partial charge in [0.25, 0.3) is 0 Å². The first kappa shape index (κ1) is 10.3. The lowest BCUT2D eigenvalue weighted by Crippen LogP contribution is -2.17. The molecule has 0 bridgehead atoms. The third kappa shape index (κ3) is 4.17. The Morgan fingerprint density at radius 3 is 2.25 bits per heavy atom. The van der Waals surface area contributed by atoms with Gasteiger partial charge in [-0.1, -0.05) is 5.92 Å². The van der Waals surface area contributed by atoms with E-state index >= 15 is 0 Å². The first-order valence-corrected chi connectivity index (χ1v) is 3.14. The molecular formula is C7H8O5. The molecule has 0 spiro atoms. The molecule has 5 nitrogen and oxygen atoms in total. The van der Waals surface area contributed by atoms with Gasteiger partial charge in [0.05, 0.1) is 12.3 Å². The van der Waals surface area contributed by atoms with Crippen molar-refractivity contribution in [1.29, 1.82) is 0 Å². The van der Waals surface area contributed by atoms with Crippen LogP contribution in [0.3, 0.4) is 0 Å². The number of aliphatic hydroxyl groups is 1. The molecule has 66 valence electrons. The summed E-state index contributed by atoms with van der Waals surface area (Å²) in [6.45, 7) is 0. The average molecular weight is 172 g/mol. The summed E-state index contributed by atoms with van der Waals surface area (Å²) in [4.78, 5) is 20.4. The van der Waals surface area contributed by atoms with Gasteiger partial charge in [-0.2, -0.15) is 0 Å². The fourth-order valence-electron chi connectivity index (χ4n) is 0.626. The van der Waals surface area contributed by atoms with Crippen LogP contribution in [-0.2, 0) is 9.59 Å². The van der Waals surface area contributed by atoms with Crippen LogP contribution < -0.4 is 0 Å². The molecular weight excluding hydrogens is 164 g/mol. The van der Waals surface area contributed by atoms with Gasteiger partial charge in [-0.15, -0.1) is 0 Å².